The third-order valence-electron chi connectivity index (χ3n) is 4.11. The molecule has 1 fully saturated rings. The zero-order valence-electron chi connectivity index (χ0n) is 12.3. The topological polar surface area (TPSA) is 64.3 Å². The number of carbonyl (C=O) groups is 1. The fourth-order valence-electron chi connectivity index (χ4n) is 2.75. The van der Waals surface area contributed by atoms with Gasteiger partial charge in [-0.05, 0) is 29.9 Å². The molecular weight excluding hydrogens is 252 g/mol. The van der Waals surface area contributed by atoms with Gasteiger partial charge in [-0.3, -0.25) is 10.1 Å². The molecule has 2 rings (SSSR count). The molecule has 20 heavy (non-hydrogen) atoms. The Morgan fingerprint density at radius 3 is 2.60 bits per heavy atom. The van der Waals surface area contributed by atoms with Crippen molar-refractivity contribution >= 4 is 5.91 Å². The number of primary amides is 1. The van der Waals surface area contributed by atoms with Gasteiger partial charge >= 0.3 is 0 Å². The van der Waals surface area contributed by atoms with Gasteiger partial charge in [-0.25, -0.2) is 0 Å². The van der Waals surface area contributed by atoms with E-state index in [2.05, 4.69) is 37.4 Å². The molecule has 0 unspecified atom stereocenters. The highest BCUT2D eigenvalue weighted by atomic mass is 16.5. The number of hydrogen-bond donors (Lipinski definition) is 2. The second kappa shape index (κ2) is 6.37. The summed E-state index contributed by atoms with van der Waals surface area (Å²) in [7, 11) is 0. The number of rotatable bonds is 5. The first-order chi connectivity index (χ1) is 9.55. The lowest BCUT2D eigenvalue weighted by Gasteiger charge is -2.35. The van der Waals surface area contributed by atoms with E-state index in [0.29, 0.717) is 38.5 Å². The maximum absolute atomic E-state index is 11.8. The van der Waals surface area contributed by atoms with Crippen molar-refractivity contribution < 1.29 is 9.53 Å². The summed E-state index contributed by atoms with van der Waals surface area (Å²) in [6, 6.07) is 8.33. The van der Waals surface area contributed by atoms with Crippen LogP contribution in [0.5, 0.6) is 0 Å². The molecular formula is C16H24N2O2. The second-order valence-electron chi connectivity index (χ2n) is 5.77. The second-order valence-corrected chi connectivity index (χ2v) is 5.77. The van der Waals surface area contributed by atoms with E-state index in [1.165, 1.54) is 11.1 Å². The van der Waals surface area contributed by atoms with Crippen molar-refractivity contribution in [2.24, 2.45) is 5.73 Å². The molecule has 1 aromatic carbocycles. The molecule has 1 aliphatic rings. The number of amides is 1. The Bertz CT molecular complexity index is 465. The number of carbonyl (C=O) groups excluding carboxylic acids is 1. The third-order valence-corrected chi connectivity index (χ3v) is 4.11. The molecule has 1 saturated heterocycles. The van der Waals surface area contributed by atoms with Crippen molar-refractivity contribution in [1.29, 1.82) is 0 Å². The first-order valence-electron chi connectivity index (χ1n) is 7.26. The maximum atomic E-state index is 11.8. The summed E-state index contributed by atoms with van der Waals surface area (Å²) >= 11 is 0. The van der Waals surface area contributed by atoms with E-state index in [-0.39, 0.29) is 5.91 Å². The molecule has 1 aromatic rings. The van der Waals surface area contributed by atoms with Crippen molar-refractivity contribution in [3.05, 3.63) is 35.4 Å². The number of ether oxygens (including phenoxy) is 1. The van der Waals surface area contributed by atoms with Crippen LogP contribution < -0.4 is 11.1 Å². The minimum absolute atomic E-state index is 0.275. The summed E-state index contributed by atoms with van der Waals surface area (Å²) < 4.78 is 5.34. The fraction of sp³-hybridized carbons (Fsp3) is 0.562. The van der Waals surface area contributed by atoms with Crippen molar-refractivity contribution in [1.82, 2.24) is 5.32 Å². The molecule has 1 heterocycles. The van der Waals surface area contributed by atoms with Gasteiger partial charge in [-0.2, -0.15) is 0 Å². The van der Waals surface area contributed by atoms with Crippen molar-refractivity contribution in [3.8, 4) is 0 Å². The Morgan fingerprint density at radius 1 is 1.35 bits per heavy atom. The van der Waals surface area contributed by atoms with Crippen LogP contribution in [0.2, 0.25) is 0 Å². The molecule has 0 spiro atoms. The summed E-state index contributed by atoms with van der Waals surface area (Å²) in [6.07, 6.45) is 1.29. The largest absolute Gasteiger partial charge is 0.381 e. The van der Waals surface area contributed by atoms with E-state index in [9.17, 15) is 4.79 Å². The summed E-state index contributed by atoms with van der Waals surface area (Å²) in [5, 5.41) is 3.39. The van der Waals surface area contributed by atoms with E-state index >= 15 is 0 Å². The first kappa shape index (κ1) is 15.0. The number of nitrogens with two attached hydrogens (primary N) is 1. The van der Waals surface area contributed by atoms with Crippen LogP contribution in [0.3, 0.4) is 0 Å². The average Bonchev–Trinajstić information content (AvgIpc) is 2.46. The molecule has 0 saturated carbocycles. The van der Waals surface area contributed by atoms with Crippen LogP contribution in [0.15, 0.2) is 24.3 Å². The summed E-state index contributed by atoms with van der Waals surface area (Å²) in [4.78, 5) is 11.8. The van der Waals surface area contributed by atoms with Gasteiger partial charge in [0.25, 0.3) is 0 Å². The first-order valence-corrected chi connectivity index (χ1v) is 7.26. The van der Waals surface area contributed by atoms with E-state index < -0.39 is 5.54 Å². The van der Waals surface area contributed by atoms with Crippen LogP contribution in [-0.4, -0.2) is 24.7 Å². The molecule has 0 aromatic heterocycles. The Hall–Kier alpha value is -1.39. The maximum Gasteiger partial charge on any atom is 0.237 e. The highest BCUT2D eigenvalue weighted by Gasteiger charge is 2.37. The molecule has 1 amide bonds. The van der Waals surface area contributed by atoms with Crippen LogP contribution in [0.25, 0.3) is 0 Å². The van der Waals surface area contributed by atoms with E-state index in [1.807, 2.05) is 6.07 Å². The van der Waals surface area contributed by atoms with Gasteiger partial charge in [0.05, 0.1) is 0 Å². The lowest BCUT2D eigenvalue weighted by atomic mass is 9.88. The van der Waals surface area contributed by atoms with Crippen LogP contribution in [0, 0.1) is 0 Å². The van der Waals surface area contributed by atoms with Crippen LogP contribution in [0.4, 0.5) is 0 Å². The van der Waals surface area contributed by atoms with Crippen LogP contribution in [0.1, 0.15) is 43.7 Å². The quantitative estimate of drug-likeness (QED) is 0.863. The minimum atomic E-state index is -0.623. The zero-order valence-corrected chi connectivity index (χ0v) is 12.3. The lowest BCUT2D eigenvalue weighted by molar-refractivity contribution is -0.128. The lowest BCUT2D eigenvalue weighted by Crippen LogP contribution is -2.58. The van der Waals surface area contributed by atoms with E-state index in [4.69, 9.17) is 10.5 Å². The molecule has 4 nitrogen and oxygen atoms in total. The Balaban J connectivity index is 2.12. The van der Waals surface area contributed by atoms with Gasteiger partial charge in [-0.15, -0.1) is 0 Å². The van der Waals surface area contributed by atoms with E-state index in [0.717, 1.165) is 0 Å². The fourth-order valence-corrected chi connectivity index (χ4v) is 2.75. The Kier molecular flexibility index (Phi) is 4.78. The van der Waals surface area contributed by atoms with Gasteiger partial charge < -0.3 is 10.5 Å². The Morgan fingerprint density at radius 2 is 2.00 bits per heavy atom. The van der Waals surface area contributed by atoms with Gasteiger partial charge in [0.1, 0.15) is 5.54 Å². The van der Waals surface area contributed by atoms with Gasteiger partial charge in [0.15, 0.2) is 0 Å². The molecule has 0 aliphatic carbocycles. The molecule has 1 aliphatic heterocycles. The van der Waals surface area contributed by atoms with Crippen molar-refractivity contribution in [2.45, 2.75) is 44.7 Å². The highest BCUT2D eigenvalue weighted by Crippen LogP contribution is 2.23. The predicted octanol–water partition coefficient (Wildman–Crippen LogP) is 1.93. The smallest absolute Gasteiger partial charge is 0.237 e. The summed E-state index contributed by atoms with van der Waals surface area (Å²) in [5.74, 6) is 0.190. The normalized spacial score (nSPS) is 18.1. The SMILES string of the molecule is CC(C)c1ccccc1CNC1(C(N)=O)CCOCC1. The van der Waals surface area contributed by atoms with Crippen LogP contribution in [-0.2, 0) is 16.1 Å². The van der Waals surface area contributed by atoms with Crippen molar-refractivity contribution in [3.63, 3.8) is 0 Å². The van der Waals surface area contributed by atoms with Crippen LogP contribution >= 0.6 is 0 Å². The summed E-state index contributed by atoms with van der Waals surface area (Å²) in [5.41, 5.74) is 7.53. The number of hydrogen-bond acceptors (Lipinski definition) is 3. The molecule has 0 bridgehead atoms. The number of benzene rings is 1. The molecule has 0 atom stereocenters. The molecule has 0 radical (unpaired) electrons. The monoisotopic (exact) mass is 276 g/mol. The molecule has 3 N–H and O–H groups in total. The van der Waals surface area contributed by atoms with Gasteiger partial charge in [-0.1, -0.05) is 38.1 Å². The van der Waals surface area contributed by atoms with Crippen molar-refractivity contribution in [2.75, 3.05) is 13.2 Å². The Labute approximate surface area is 120 Å². The molecule has 4 heteroatoms. The third kappa shape index (κ3) is 3.19. The van der Waals surface area contributed by atoms with Gasteiger partial charge in [0.2, 0.25) is 5.91 Å². The number of nitrogens with one attached hydrogen (secondary N) is 1. The standard InChI is InChI=1S/C16H24N2O2/c1-12(2)14-6-4-3-5-13(14)11-18-16(15(17)19)7-9-20-10-8-16/h3-6,12,18H,7-11H2,1-2H3,(H2,17,19). The minimum Gasteiger partial charge on any atom is -0.381 e. The summed E-state index contributed by atoms with van der Waals surface area (Å²) in [6.45, 7) is 6.19. The van der Waals surface area contributed by atoms with E-state index in [1.54, 1.807) is 0 Å². The predicted molar refractivity (Wildman–Crippen MR) is 79.3 cm³/mol. The zero-order chi connectivity index (χ0) is 14.6. The highest BCUT2D eigenvalue weighted by molar-refractivity contribution is 5.84. The molecule has 110 valence electrons. The van der Waals surface area contributed by atoms with Gasteiger partial charge in [0, 0.05) is 19.8 Å². The average molecular weight is 276 g/mol.